The number of aromatic nitrogens is 4. The Labute approximate surface area is 345 Å². The van der Waals surface area contributed by atoms with Crippen molar-refractivity contribution < 1.29 is 0 Å². The maximum atomic E-state index is 4.89. The molecule has 0 amide bonds. The van der Waals surface area contributed by atoms with Gasteiger partial charge in [0.05, 0.1) is 45.5 Å². The fraction of sp³-hybridized carbons (Fsp3) is 0.0566. The minimum atomic E-state index is 0.599. The van der Waals surface area contributed by atoms with E-state index in [0.29, 0.717) is 13.0 Å². The van der Waals surface area contributed by atoms with Crippen molar-refractivity contribution in [2.24, 2.45) is 0 Å². The second-order valence-electron chi connectivity index (χ2n) is 14.2. The third-order valence-corrected chi connectivity index (χ3v) is 10.4. The zero-order valence-corrected chi connectivity index (χ0v) is 32.7. The Bertz CT molecular complexity index is 2870. The van der Waals surface area contributed by atoms with Crippen LogP contribution in [0.5, 0.6) is 0 Å². The van der Waals surface area contributed by atoms with Gasteiger partial charge in [-0.25, -0.2) is 0 Å². The Kier molecular flexibility index (Phi) is 10.4. The fourth-order valence-electron chi connectivity index (χ4n) is 7.64. The molecule has 6 heterocycles. The van der Waals surface area contributed by atoms with E-state index in [2.05, 4.69) is 147 Å². The first-order valence-corrected chi connectivity index (χ1v) is 19.7. The number of allylic oxidation sites excluding steroid dienone is 15. The molecule has 2 bridgehead atoms. The Morgan fingerprint density at radius 1 is 0.746 bits per heavy atom. The minimum Gasteiger partial charge on any atom is -0.329 e. The lowest BCUT2D eigenvalue weighted by Gasteiger charge is -2.29. The van der Waals surface area contributed by atoms with E-state index in [1.54, 1.807) is 0 Å². The molecule has 59 heavy (non-hydrogen) atoms. The van der Waals surface area contributed by atoms with Gasteiger partial charge in [-0.1, -0.05) is 97.0 Å². The molecular weight excluding hydrogens is 721 g/mol. The van der Waals surface area contributed by atoms with E-state index in [0.717, 1.165) is 90.2 Å². The number of fused-ring (bicyclic) bond motifs is 3. The van der Waals surface area contributed by atoms with Crippen LogP contribution in [0.4, 0.5) is 11.4 Å². The van der Waals surface area contributed by atoms with Gasteiger partial charge in [0.25, 0.3) is 0 Å². The van der Waals surface area contributed by atoms with Crippen molar-refractivity contribution in [3.63, 3.8) is 0 Å². The van der Waals surface area contributed by atoms with Crippen LogP contribution in [0.1, 0.15) is 36.0 Å². The molecule has 282 valence electrons. The van der Waals surface area contributed by atoms with Crippen molar-refractivity contribution in [1.82, 2.24) is 19.9 Å². The Hall–Kier alpha value is -7.88. The van der Waals surface area contributed by atoms with Crippen molar-refractivity contribution in [3.8, 4) is 11.3 Å². The molecule has 6 heteroatoms. The summed E-state index contributed by atoms with van der Waals surface area (Å²) in [7, 11) is 0. The van der Waals surface area contributed by atoms with Gasteiger partial charge in [0.1, 0.15) is 5.69 Å². The highest BCUT2D eigenvalue weighted by Crippen LogP contribution is 2.41. The largest absolute Gasteiger partial charge is 0.329 e. The molecule has 4 aliphatic rings. The molecule has 0 N–H and O–H groups in total. The molecule has 6 nitrogen and oxygen atoms in total. The predicted molar refractivity (Wildman–Crippen MR) is 242 cm³/mol. The lowest BCUT2D eigenvalue weighted by atomic mass is 9.95. The van der Waals surface area contributed by atoms with Crippen LogP contribution in [-0.2, 0) is 0 Å². The van der Waals surface area contributed by atoms with Gasteiger partial charge in [-0.2, -0.15) is 0 Å². The SMILES string of the molecule is C=C1/C=C(C/C(=C\C=C/C)c2ccccn2)\C=C/CN(C2=C=CC(N3C4=C=C(C=C(c5ccccc5-c5ccccn5)C=C4)c4ncccc43)=CC=C2)c2cccnc21. The molecule has 0 unspecified atom stereocenters. The van der Waals surface area contributed by atoms with Gasteiger partial charge in [0.2, 0.25) is 0 Å². The van der Waals surface area contributed by atoms with Gasteiger partial charge >= 0.3 is 0 Å². The van der Waals surface area contributed by atoms with Crippen LogP contribution in [-0.4, -0.2) is 26.5 Å². The van der Waals surface area contributed by atoms with E-state index in [9.17, 15) is 0 Å². The molecule has 0 saturated carbocycles. The van der Waals surface area contributed by atoms with E-state index in [1.165, 1.54) is 0 Å². The van der Waals surface area contributed by atoms with E-state index in [-0.39, 0.29) is 0 Å². The van der Waals surface area contributed by atoms with E-state index in [1.807, 2.05) is 86.3 Å². The number of pyridine rings is 4. The quantitative estimate of drug-likeness (QED) is 0.116. The molecule has 4 aromatic heterocycles. The van der Waals surface area contributed by atoms with Crippen LogP contribution >= 0.6 is 0 Å². The topological polar surface area (TPSA) is 58.0 Å². The van der Waals surface area contributed by atoms with E-state index < -0.39 is 0 Å². The average molecular weight is 761 g/mol. The molecule has 0 fully saturated rings. The fourth-order valence-corrected chi connectivity index (χ4v) is 7.64. The van der Waals surface area contributed by atoms with Gasteiger partial charge < -0.3 is 9.80 Å². The molecule has 9 rings (SSSR count). The first-order chi connectivity index (χ1) is 29.1. The summed E-state index contributed by atoms with van der Waals surface area (Å²) in [6.07, 6.45) is 35.6. The molecular formula is C53H40N6. The zero-order valence-electron chi connectivity index (χ0n) is 32.7. The number of benzene rings is 1. The Balaban J connectivity index is 1.05. The zero-order chi connectivity index (χ0) is 40.0. The number of rotatable bonds is 8. The predicted octanol–water partition coefficient (Wildman–Crippen LogP) is 11.8. The molecule has 0 saturated heterocycles. The minimum absolute atomic E-state index is 0.599. The maximum Gasteiger partial charge on any atom is 0.102 e. The van der Waals surface area contributed by atoms with Crippen molar-refractivity contribution >= 4 is 33.7 Å². The Morgan fingerprint density at radius 2 is 1.53 bits per heavy atom. The highest BCUT2D eigenvalue weighted by atomic mass is 15.2. The van der Waals surface area contributed by atoms with Crippen LogP contribution in [0.25, 0.3) is 33.5 Å². The average Bonchev–Trinajstić information content (AvgIpc) is 3.62. The molecule has 5 aromatic rings. The summed E-state index contributed by atoms with van der Waals surface area (Å²) in [5.74, 6) is 0. The summed E-state index contributed by atoms with van der Waals surface area (Å²) in [6, 6.07) is 28.6. The van der Waals surface area contributed by atoms with Crippen LogP contribution in [0.2, 0.25) is 0 Å². The lowest BCUT2D eigenvalue weighted by Crippen LogP contribution is -2.23. The summed E-state index contributed by atoms with van der Waals surface area (Å²) in [4.78, 5) is 23.5. The van der Waals surface area contributed by atoms with E-state index >= 15 is 0 Å². The maximum absolute atomic E-state index is 4.89. The van der Waals surface area contributed by atoms with Crippen molar-refractivity contribution in [3.05, 3.63) is 252 Å². The smallest absolute Gasteiger partial charge is 0.102 e. The summed E-state index contributed by atoms with van der Waals surface area (Å²) in [5, 5.41) is 0. The second-order valence-corrected chi connectivity index (χ2v) is 14.2. The van der Waals surface area contributed by atoms with Gasteiger partial charge in [0, 0.05) is 48.5 Å². The molecule has 1 aromatic carbocycles. The monoisotopic (exact) mass is 760 g/mol. The van der Waals surface area contributed by atoms with Crippen LogP contribution in [0.15, 0.2) is 229 Å². The van der Waals surface area contributed by atoms with Crippen molar-refractivity contribution in [2.45, 2.75) is 13.3 Å². The van der Waals surface area contributed by atoms with Crippen LogP contribution in [0.3, 0.4) is 0 Å². The molecule has 2 aliphatic heterocycles. The summed E-state index contributed by atoms with van der Waals surface area (Å²) >= 11 is 0. The summed E-state index contributed by atoms with van der Waals surface area (Å²) in [5.41, 5.74) is 22.8. The van der Waals surface area contributed by atoms with Crippen LogP contribution < -0.4 is 9.80 Å². The van der Waals surface area contributed by atoms with Gasteiger partial charge in [-0.05, 0) is 120 Å². The number of nitrogens with zero attached hydrogens (tertiary/aromatic N) is 6. The first-order valence-electron chi connectivity index (χ1n) is 19.7. The molecule has 0 atom stereocenters. The third kappa shape index (κ3) is 7.66. The highest BCUT2D eigenvalue weighted by molar-refractivity contribution is 5.97. The van der Waals surface area contributed by atoms with Gasteiger partial charge in [-0.15, -0.1) is 0 Å². The summed E-state index contributed by atoms with van der Waals surface area (Å²) < 4.78 is 0. The summed E-state index contributed by atoms with van der Waals surface area (Å²) in [6.45, 7) is 7.13. The lowest BCUT2D eigenvalue weighted by molar-refractivity contribution is 1.03. The van der Waals surface area contributed by atoms with Gasteiger partial charge in [-0.3, -0.25) is 19.9 Å². The van der Waals surface area contributed by atoms with Crippen molar-refractivity contribution in [1.29, 1.82) is 0 Å². The number of hydrogen-bond donors (Lipinski definition) is 0. The number of anilines is 2. The number of hydrogen-bond acceptors (Lipinski definition) is 6. The molecule has 0 radical (unpaired) electrons. The molecule has 0 spiro atoms. The van der Waals surface area contributed by atoms with E-state index in [4.69, 9.17) is 9.97 Å². The van der Waals surface area contributed by atoms with Crippen LogP contribution in [0, 0.1) is 0 Å². The second kappa shape index (κ2) is 16.7. The Morgan fingerprint density at radius 3 is 2.34 bits per heavy atom. The highest BCUT2D eigenvalue weighted by Gasteiger charge is 2.26. The third-order valence-electron chi connectivity index (χ3n) is 10.4. The molecule has 2 aliphatic carbocycles. The first kappa shape index (κ1) is 36.7. The normalized spacial score (nSPS) is 17.4. The van der Waals surface area contributed by atoms with Crippen molar-refractivity contribution in [2.75, 3.05) is 16.3 Å². The van der Waals surface area contributed by atoms with Gasteiger partial charge in [0.15, 0.2) is 0 Å². The standard InChI is InChI=1S/C53H40N6/c1-3-4-16-41(48-21-7-9-29-54-48)35-39-15-14-33-58(50-23-12-31-56-52(50)38(2)34-39)43-17-11-18-44(28-27-43)59-45-26-25-40(36-42(37-45)53-51(59)24-13-32-57-53)46-19-5-6-20-47(46)49-22-8-10-30-55-49/h3-26,28-32,34,36H,2,33,35H2,1H3/b4-3-,15-14-,39-34+,41-16+.